The van der Waals surface area contributed by atoms with E-state index < -0.39 is 21.9 Å². The molecule has 0 aromatic rings. The van der Waals surface area contributed by atoms with Crippen LogP contribution in [0, 0.1) is 17.3 Å². The minimum Gasteiger partial charge on any atom is -0.481 e. The molecule has 2 atom stereocenters. The van der Waals surface area contributed by atoms with Crippen LogP contribution in [0.4, 0.5) is 0 Å². The number of rotatable bonds is 4. The second-order valence-corrected chi connectivity index (χ2v) is 8.45. The van der Waals surface area contributed by atoms with Crippen LogP contribution in [0.3, 0.4) is 0 Å². The third-order valence-electron chi connectivity index (χ3n) is 3.40. The summed E-state index contributed by atoms with van der Waals surface area (Å²) >= 11 is 0. The molecule has 0 bridgehead atoms. The zero-order valence-corrected chi connectivity index (χ0v) is 12.3. The van der Waals surface area contributed by atoms with Crippen LogP contribution in [0.5, 0.6) is 0 Å². The first kappa shape index (κ1) is 15.4. The fourth-order valence-electron chi connectivity index (χ4n) is 2.04. The second-order valence-electron chi connectivity index (χ2n) is 6.37. The van der Waals surface area contributed by atoms with Gasteiger partial charge >= 0.3 is 5.97 Å². The average molecular weight is 277 g/mol. The van der Waals surface area contributed by atoms with E-state index in [2.05, 4.69) is 0 Å². The summed E-state index contributed by atoms with van der Waals surface area (Å²) in [5.41, 5.74) is -0.0371. The Balaban J connectivity index is 2.68. The molecule has 2 unspecified atom stereocenters. The summed E-state index contributed by atoms with van der Waals surface area (Å²) in [4.78, 5) is 11.0. The van der Waals surface area contributed by atoms with Gasteiger partial charge in [0.2, 0.25) is 10.0 Å². The van der Waals surface area contributed by atoms with Gasteiger partial charge < -0.3 is 5.11 Å². The van der Waals surface area contributed by atoms with Crippen molar-refractivity contribution < 1.29 is 18.3 Å². The highest BCUT2D eigenvalue weighted by Crippen LogP contribution is 2.27. The van der Waals surface area contributed by atoms with Crippen LogP contribution in [0.15, 0.2) is 0 Å². The lowest BCUT2D eigenvalue weighted by atomic mass is 9.94. The van der Waals surface area contributed by atoms with Gasteiger partial charge in [0.25, 0.3) is 0 Å². The Hall–Kier alpha value is -0.620. The number of carboxylic acid groups (broad SMARTS) is 1. The SMILES string of the molecule is CC1CN(S(=O)(=O)CCC(C)(C)C)CC1C(=O)O. The lowest BCUT2D eigenvalue weighted by Crippen LogP contribution is -2.33. The fourth-order valence-corrected chi connectivity index (χ4v) is 4.01. The van der Waals surface area contributed by atoms with E-state index in [9.17, 15) is 13.2 Å². The molecule has 1 aliphatic heterocycles. The summed E-state index contributed by atoms with van der Waals surface area (Å²) in [7, 11) is -3.32. The van der Waals surface area contributed by atoms with Crippen LogP contribution in [-0.4, -0.2) is 42.6 Å². The summed E-state index contributed by atoms with van der Waals surface area (Å²) in [6, 6.07) is 0. The van der Waals surface area contributed by atoms with Crippen molar-refractivity contribution in [1.29, 1.82) is 0 Å². The highest BCUT2D eigenvalue weighted by atomic mass is 32.2. The first-order chi connectivity index (χ1) is 8.03. The predicted octanol–water partition coefficient (Wildman–Crippen LogP) is 1.40. The summed E-state index contributed by atoms with van der Waals surface area (Å²) < 4.78 is 25.6. The van der Waals surface area contributed by atoms with Gasteiger partial charge in [-0.2, -0.15) is 0 Å². The predicted molar refractivity (Wildman–Crippen MR) is 69.7 cm³/mol. The molecule has 5 nitrogen and oxygen atoms in total. The van der Waals surface area contributed by atoms with E-state index in [1.165, 1.54) is 4.31 Å². The molecule has 1 N–H and O–H groups in total. The highest BCUT2D eigenvalue weighted by molar-refractivity contribution is 7.89. The Morgan fingerprint density at radius 3 is 2.28 bits per heavy atom. The molecular formula is C12H23NO4S. The lowest BCUT2D eigenvalue weighted by molar-refractivity contribution is -0.142. The maximum absolute atomic E-state index is 12.1. The number of carboxylic acids is 1. The van der Waals surface area contributed by atoms with E-state index in [-0.39, 0.29) is 23.6 Å². The van der Waals surface area contributed by atoms with Crippen molar-refractivity contribution in [3.05, 3.63) is 0 Å². The molecule has 0 aromatic carbocycles. The van der Waals surface area contributed by atoms with Crippen LogP contribution >= 0.6 is 0 Å². The summed E-state index contributed by atoms with van der Waals surface area (Å²) in [5.74, 6) is -1.51. The molecule has 1 saturated heterocycles. The molecular weight excluding hydrogens is 254 g/mol. The van der Waals surface area contributed by atoms with E-state index in [0.717, 1.165) is 0 Å². The molecule has 0 saturated carbocycles. The Morgan fingerprint density at radius 2 is 1.89 bits per heavy atom. The van der Waals surface area contributed by atoms with Crippen molar-refractivity contribution in [2.75, 3.05) is 18.8 Å². The van der Waals surface area contributed by atoms with Crippen LogP contribution in [-0.2, 0) is 14.8 Å². The highest BCUT2D eigenvalue weighted by Gasteiger charge is 2.40. The molecule has 6 heteroatoms. The molecule has 0 aliphatic carbocycles. The molecule has 1 heterocycles. The Morgan fingerprint density at radius 1 is 1.33 bits per heavy atom. The van der Waals surface area contributed by atoms with Crippen LogP contribution in [0.1, 0.15) is 34.1 Å². The largest absolute Gasteiger partial charge is 0.481 e. The minimum absolute atomic E-state index is 0.0371. The molecule has 0 aromatic heterocycles. The summed E-state index contributed by atoms with van der Waals surface area (Å²) in [6.07, 6.45) is 0.581. The molecule has 0 amide bonds. The lowest BCUT2D eigenvalue weighted by Gasteiger charge is -2.21. The number of hydrogen-bond acceptors (Lipinski definition) is 3. The Kier molecular flexibility index (Phi) is 4.43. The number of nitrogens with zero attached hydrogens (tertiary/aromatic N) is 1. The smallest absolute Gasteiger partial charge is 0.308 e. The summed E-state index contributed by atoms with van der Waals surface area (Å²) in [6.45, 7) is 8.21. The normalized spacial score (nSPS) is 26.4. The van der Waals surface area contributed by atoms with Gasteiger partial charge in [0.05, 0.1) is 11.7 Å². The number of carbonyl (C=O) groups is 1. The van der Waals surface area contributed by atoms with Crippen LogP contribution in [0.2, 0.25) is 0 Å². The van der Waals surface area contributed by atoms with Gasteiger partial charge in [0.1, 0.15) is 0 Å². The van der Waals surface area contributed by atoms with E-state index >= 15 is 0 Å². The van der Waals surface area contributed by atoms with Gasteiger partial charge in [0, 0.05) is 13.1 Å². The molecule has 18 heavy (non-hydrogen) atoms. The second kappa shape index (κ2) is 5.17. The van der Waals surface area contributed by atoms with Gasteiger partial charge in [-0.1, -0.05) is 27.7 Å². The zero-order chi connectivity index (χ0) is 14.1. The molecule has 1 fully saturated rings. The zero-order valence-electron chi connectivity index (χ0n) is 11.5. The molecule has 1 rings (SSSR count). The van der Waals surface area contributed by atoms with Crippen molar-refractivity contribution in [3.8, 4) is 0 Å². The average Bonchev–Trinajstić information content (AvgIpc) is 2.57. The molecule has 0 radical (unpaired) electrons. The molecule has 0 spiro atoms. The van der Waals surface area contributed by atoms with E-state index in [1.54, 1.807) is 6.92 Å². The van der Waals surface area contributed by atoms with Gasteiger partial charge in [-0.3, -0.25) is 4.79 Å². The summed E-state index contributed by atoms with van der Waals surface area (Å²) in [5, 5.41) is 9.00. The topological polar surface area (TPSA) is 74.7 Å². The fraction of sp³-hybridized carbons (Fsp3) is 0.917. The quantitative estimate of drug-likeness (QED) is 0.843. The van der Waals surface area contributed by atoms with Crippen LogP contribution in [0.25, 0.3) is 0 Å². The van der Waals surface area contributed by atoms with Crippen molar-refractivity contribution in [2.45, 2.75) is 34.1 Å². The van der Waals surface area contributed by atoms with Crippen molar-refractivity contribution >= 4 is 16.0 Å². The van der Waals surface area contributed by atoms with Gasteiger partial charge in [0.15, 0.2) is 0 Å². The van der Waals surface area contributed by atoms with Crippen molar-refractivity contribution in [2.24, 2.45) is 17.3 Å². The van der Waals surface area contributed by atoms with Gasteiger partial charge in [-0.15, -0.1) is 0 Å². The number of sulfonamides is 1. The third-order valence-corrected chi connectivity index (χ3v) is 5.20. The van der Waals surface area contributed by atoms with E-state index in [4.69, 9.17) is 5.11 Å². The van der Waals surface area contributed by atoms with Crippen molar-refractivity contribution in [1.82, 2.24) is 4.31 Å². The minimum atomic E-state index is -3.32. The monoisotopic (exact) mass is 277 g/mol. The maximum atomic E-state index is 12.1. The van der Waals surface area contributed by atoms with Crippen molar-refractivity contribution in [3.63, 3.8) is 0 Å². The first-order valence-electron chi connectivity index (χ1n) is 6.23. The Bertz CT molecular complexity index is 410. The first-order valence-corrected chi connectivity index (χ1v) is 7.84. The van der Waals surface area contributed by atoms with E-state index in [1.807, 2.05) is 20.8 Å². The maximum Gasteiger partial charge on any atom is 0.308 e. The molecule has 106 valence electrons. The molecule has 1 aliphatic rings. The number of aliphatic carboxylic acids is 1. The Labute approximate surface area is 109 Å². The third kappa shape index (κ3) is 3.95. The standard InChI is InChI=1S/C12H23NO4S/c1-9-7-13(8-10(9)11(14)15)18(16,17)6-5-12(2,3)4/h9-10H,5-8H2,1-4H3,(H,14,15). The van der Waals surface area contributed by atoms with Gasteiger partial charge in [-0.25, -0.2) is 12.7 Å². The van der Waals surface area contributed by atoms with Gasteiger partial charge in [-0.05, 0) is 17.8 Å². The number of hydrogen-bond donors (Lipinski definition) is 1. The van der Waals surface area contributed by atoms with Crippen LogP contribution < -0.4 is 0 Å². The van der Waals surface area contributed by atoms with E-state index in [0.29, 0.717) is 13.0 Å².